The van der Waals surface area contributed by atoms with Crippen LogP contribution in [0.1, 0.15) is 37.7 Å². The SMILES string of the molecule is CCN(CC1CCCN1)C(=O)Oc1cc(O)c2c(=O)cc(-c3ccccc3Cl)oc2c1[C@H]1CCN(C)C[C@H]1O. The molecule has 3 N–H and O–H groups in total. The Hall–Kier alpha value is -3.11. The minimum atomic E-state index is -0.812. The Balaban J connectivity index is 1.64. The second-order valence-electron chi connectivity index (χ2n) is 10.4. The van der Waals surface area contributed by atoms with Crippen molar-refractivity contribution in [1.29, 1.82) is 0 Å². The molecule has 2 aromatic carbocycles. The summed E-state index contributed by atoms with van der Waals surface area (Å²) in [5, 5.41) is 25.8. The number of carbonyl (C=O) groups is 1. The standard InChI is InChI=1S/C29H34ClN3O6/c1-3-33(15-17-7-6-11-31-17)29(37)39-25-14-22(35)27-21(34)13-24(18-8-4-5-9-20(18)30)38-28(27)26(25)19-10-12-32(2)16-23(19)36/h4-5,8-9,13-14,17,19,23,31,35-36H,3,6-7,10-12,15-16H2,1-2H3/t17?,19-,23+/m0/s1. The van der Waals surface area contributed by atoms with Crippen LogP contribution in [-0.2, 0) is 0 Å². The van der Waals surface area contributed by atoms with E-state index in [-0.39, 0.29) is 34.3 Å². The number of hydrogen-bond acceptors (Lipinski definition) is 8. The Morgan fingerprint density at radius 3 is 2.77 bits per heavy atom. The van der Waals surface area contributed by atoms with E-state index in [1.807, 2.05) is 18.9 Å². The van der Waals surface area contributed by atoms with E-state index in [4.69, 9.17) is 20.8 Å². The number of nitrogens with zero attached hydrogens (tertiary/aromatic N) is 2. The Bertz CT molecular complexity index is 1420. The van der Waals surface area contributed by atoms with E-state index in [0.717, 1.165) is 19.4 Å². The van der Waals surface area contributed by atoms with Crippen LogP contribution in [-0.4, -0.2) is 78.0 Å². The lowest BCUT2D eigenvalue weighted by Crippen LogP contribution is -2.43. The number of β-amino-alcohol motifs (C(OH)–C–C–N with tert-alkyl or cyclic N) is 1. The van der Waals surface area contributed by atoms with Crippen LogP contribution in [0, 0.1) is 0 Å². The maximum Gasteiger partial charge on any atom is 0.415 e. The fourth-order valence-corrected chi connectivity index (χ4v) is 5.87. The largest absolute Gasteiger partial charge is 0.507 e. The van der Waals surface area contributed by atoms with E-state index in [0.29, 0.717) is 48.7 Å². The van der Waals surface area contributed by atoms with E-state index in [9.17, 15) is 19.8 Å². The Morgan fingerprint density at radius 2 is 2.08 bits per heavy atom. The number of nitrogens with one attached hydrogen (secondary N) is 1. The van der Waals surface area contributed by atoms with E-state index in [1.54, 1.807) is 29.2 Å². The van der Waals surface area contributed by atoms with Crippen molar-refractivity contribution >= 4 is 28.7 Å². The summed E-state index contributed by atoms with van der Waals surface area (Å²) in [4.78, 5) is 30.3. The third-order valence-electron chi connectivity index (χ3n) is 7.72. The Kier molecular flexibility index (Phi) is 8.13. The van der Waals surface area contributed by atoms with Crippen LogP contribution in [0.25, 0.3) is 22.3 Å². The smallest absolute Gasteiger partial charge is 0.415 e. The van der Waals surface area contributed by atoms with Gasteiger partial charge in [0.1, 0.15) is 28.2 Å². The van der Waals surface area contributed by atoms with Crippen molar-refractivity contribution in [3.8, 4) is 22.8 Å². The number of hydrogen-bond donors (Lipinski definition) is 3. The van der Waals surface area contributed by atoms with Crippen LogP contribution in [0.5, 0.6) is 11.5 Å². The predicted octanol–water partition coefficient (Wildman–Crippen LogP) is 4.17. The minimum absolute atomic E-state index is 0.0331. The first-order valence-electron chi connectivity index (χ1n) is 13.4. The minimum Gasteiger partial charge on any atom is -0.507 e. The molecule has 0 radical (unpaired) electrons. The molecule has 208 valence electrons. The van der Waals surface area contributed by atoms with E-state index < -0.39 is 23.5 Å². The van der Waals surface area contributed by atoms with Crippen molar-refractivity contribution in [3.63, 3.8) is 0 Å². The van der Waals surface area contributed by atoms with E-state index in [1.165, 1.54) is 12.1 Å². The summed E-state index contributed by atoms with van der Waals surface area (Å²) in [5.41, 5.74) is 0.510. The van der Waals surface area contributed by atoms with Gasteiger partial charge in [-0.2, -0.15) is 0 Å². The highest BCUT2D eigenvalue weighted by Crippen LogP contribution is 2.43. The number of carbonyl (C=O) groups excluding carboxylic acids is 1. The van der Waals surface area contributed by atoms with Gasteiger partial charge in [0, 0.05) is 54.9 Å². The summed E-state index contributed by atoms with van der Waals surface area (Å²) >= 11 is 6.41. The number of piperidine rings is 1. The number of likely N-dealkylation sites (N-methyl/N-ethyl adjacent to an activating group) is 2. The van der Waals surface area contributed by atoms with Gasteiger partial charge in [-0.1, -0.05) is 23.7 Å². The molecule has 0 spiro atoms. The molecule has 10 heteroatoms. The quantitative estimate of drug-likeness (QED) is 0.415. The molecule has 2 aliphatic rings. The molecule has 9 nitrogen and oxygen atoms in total. The molecular weight excluding hydrogens is 522 g/mol. The average molecular weight is 556 g/mol. The molecule has 0 saturated carbocycles. The maximum absolute atomic E-state index is 13.4. The average Bonchev–Trinajstić information content (AvgIpc) is 3.41. The molecular formula is C29H34ClN3O6. The molecule has 0 aliphatic carbocycles. The second-order valence-corrected chi connectivity index (χ2v) is 10.8. The number of halogens is 1. The zero-order valence-corrected chi connectivity index (χ0v) is 22.9. The number of aliphatic hydroxyl groups is 1. The van der Waals surface area contributed by atoms with E-state index in [2.05, 4.69) is 5.32 Å². The van der Waals surface area contributed by atoms with Gasteiger partial charge in [-0.25, -0.2) is 4.79 Å². The van der Waals surface area contributed by atoms with Gasteiger partial charge in [0.2, 0.25) is 0 Å². The number of aliphatic hydroxyl groups excluding tert-OH is 1. The van der Waals surface area contributed by atoms with Crippen LogP contribution >= 0.6 is 11.6 Å². The van der Waals surface area contributed by atoms with Crippen LogP contribution in [0.2, 0.25) is 5.02 Å². The van der Waals surface area contributed by atoms with Crippen LogP contribution in [0.15, 0.2) is 45.6 Å². The fourth-order valence-electron chi connectivity index (χ4n) is 5.64. The molecule has 3 heterocycles. The fraction of sp³-hybridized carbons (Fsp3) is 0.448. The van der Waals surface area contributed by atoms with Gasteiger partial charge in [0.25, 0.3) is 0 Å². The summed E-state index contributed by atoms with van der Waals surface area (Å²) in [5.74, 6) is -0.578. The lowest BCUT2D eigenvalue weighted by atomic mass is 9.85. The first-order chi connectivity index (χ1) is 18.8. The van der Waals surface area contributed by atoms with Crippen LogP contribution < -0.4 is 15.5 Å². The summed E-state index contributed by atoms with van der Waals surface area (Å²) in [7, 11) is 1.92. The summed E-state index contributed by atoms with van der Waals surface area (Å²) in [6.07, 6.45) is 1.18. The molecule has 0 bridgehead atoms. The highest BCUT2D eigenvalue weighted by Gasteiger charge is 2.35. The lowest BCUT2D eigenvalue weighted by molar-refractivity contribution is 0.0628. The highest BCUT2D eigenvalue weighted by molar-refractivity contribution is 6.33. The van der Waals surface area contributed by atoms with Crippen molar-refractivity contribution in [1.82, 2.24) is 15.1 Å². The van der Waals surface area contributed by atoms with E-state index >= 15 is 0 Å². The Labute approximate surface area is 231 Å². The number of phenols is 1. The third-order valence-corrected chi connectivity index (χ3v) is 8.05. The van der Waals surface area contributed by atoms with Crippen molar-refractivity contribution in [2.45, 2.75) is 44.2 Å². The summed E-state index contributed by atoms with van der Waals surface area (Å²) < 4.78 is 12.2. The van der Waals surface area contributed by atoms with Gasteiger partial charge < -0.3 is 34.5 Å². The monoisotopic (exact) mass is 555 g/mol. The van der Waals surface area contributed by atoms with Gasteiger partial charge in [0.15, 0.2) is 5.43 Å². The first-order valence-corrected chi connectivity index (χ1v) is 13.8. The maximum atomic E-state index is 13.4. The molecule has 3 aromatic rings. The highest BCUT2D eigenvalue weighted by atomic mass is 35.5. The summed E-state index contributed by atoms with van der Waals surface area (Å²) in [6.45, 7) is 4.80. The molecule has 39 heavy (non-hydrogen) atoms. The molecule has 1 amide bonds. The number of phenolic OH excluding ortho intramolecular Hbond substituents is 1. The molecule has 3 atom stereocenters. The van der Waals surface area contributed by atoms with Crippen molar-refractivity contribution in [2.75, 3.05) is 39.8 Å². The zero-order valence-electron chi connectivity index (χ0n) is 22.2. The van der Waals surface area contributed by atoms with Crippen molar-refractivity contribution < 1.29 is 24.2 Å². The van der Waals surface area contributed by atoms with Crippen molar-refractivity contribution in [3.05, 3.63) is 57.2 Å². The number of aromatic hydroxyl groups is 1. The third kappa shape index (κ3) is 5.63. The molecule has 2 aliphatic heterocycles. The second kappa shape index (κ2) is 11.6. The number of benzene rings is 2. The van der Waals surface area contributed by atoms with Gasteiger partial charge in [-0.05, 0) is 58.5 Å². The number of fused-ring (bicyclic) bond motifs is 1. The zero-order chi connectivity index (χ0) is 27.7. The topological polar surface area (TPSA) is 115 Å². The van der Waals surface area contributed by atoms with Crippen LogP contribution in [0.3, 0.4) is 0 Å². The lowest BCUT2D eigenvalue weighted by Gasteiger charge is -2.35. The molecule has 1 aromatic heterocycles. The van der Waals surface area contributed by atoms with Gasteiger partial charge in [-0.15, -0.1) is 0 Å². The van der Waals surface area contributed by atoms with Crippen LogP contribution in [0.4, 0.5) is 4.79 Å². The number of likely N-dealkylation sites (tertiary alicyclic amines) is 1. The molecule has 1 unspecified atom stereocenters. The normalized spacial score (nSPS) is 21.8. The molecule has 2 fully saturated rings. The van der Waals surface area contributed by atoms with Gasteiger partial charge in [-0.3, -0.25) is 4.79 Å². The van der Waals surface area contributed by atoms with Gasteiger partial charge >= 0.3 is 6.09 Å². The first kappa shape index (κ1) is 27.5. The number of rotatable bonds is 6. The predicted molar refractivity (Wildman–Crippen MR) is 150 cm³/mol. The molecule has 2 saturated heterocycles. The Morgan fingerprint density at radius 1 is 1.28 bits per heavy atom. The molecule has 5 rings (SSSR count). The summed E-state index contributed by atoms with van der Waals surface area (Å²) in [6, 6.07) is 9.74. The van der Waals surface area contributed by atoms with Crippen molar-refractivity contribution in [2.24, 2.45) is 0 Å². The van der Waals surface area contributed by atoms with Gasteiger partial charge in [0.05, 0.1) is 11.1 Å². The number of amides is 1. The number of ether oxygens (including phenoxy) is 1.